The zero-order valence-corrected chi connectivity index (χ0v) is 14.2. The van der Waals surface area contributed by atoms with Crippen LogP contribution in [0.15, 0.2) is 43.0 Å². The Morgan fingerprint density at radius 2 is 2.17 bits per heavy atom. The maximum Gasteiger partial charge on any atom is 0.153 e. The second kappa shape index (κ2) is 5.71. The van der Waals surface area contributed by atoms with E-state index in [2.05, 4.69) is 15.0 Å². The second-order valence-electron chi connectivity index (χ2n) is 6.23. The van der Waals surface area contributed by atoms with Crippen LogP contribution in [0.2, 0.25) is 0 Å². The molecule has 0 spiro atoms. The Kier molecular flexibility index (Phi) is 3.65. The molecule has 8 heteroatoms. The van der Waals surface area contributed by atoms with Crippen molar-refractivity contribution in [2.75, 3.05) is 18.1 Å². The van der Waals surface area contributed by atoms with Crippen molar-refractivity contribution < 1.29 is 8.42 Å². The van der Waals surface area contributed by atoms with Gasteiger partial charge in [0.1, 0.15) is 5.65 Å². The van der Waals surface area contributed by atoms with Crippen molar-refractivity contribution in [1.82, 2.24) is 24.1 Å². The number of sulfone groups is 1. The molecule has 1 saturated heterocycles. The lowest BCUT2D eigenvalue weighted by atomic mass is 10.1. The van der Waals surface area contributed by atoms with Crippen LogP contribution in [0.5, 0.6) is 0 Å². The van der Waals surface area contributed by atoms with Crippen LogP contribution < -0.4 is 0 Å². The third-order valence-electron chi connectivity index (χ3n) is 4.51. The topological polar surface area (TPSA) is 72.5 Å². The summed E-state index contributed by atoms with van der Waals surface area (Å²) in [5.41, 5.74) is 2.89. The van der Waals surface area contributed by atoms with E-state index in [-0.39, 0.29) is 17.5 Å². The van der Waals surface area contributed by atoms with Crippen LogP contribution >= 0.6 is 0 Å². The van der Waals surface area contributed by atoms with Crippen molar-refractivity contribution >= 4 is 15.5 Å². The molecular weight excluding hydrogens is 326 g/mol. The SMILES string of the molecule is Cn1cc([C@@H]2CS(=O)(=O)CCN2Cc2cnc3ccccn23)cn1. The predicted octanol–water partition coefficient (Wildman–Crippen LogP) is 1.04. The van der Waals surface area contributed by atoms with Gasteiger partial charge in [-0.2, -0.15) is 5.10 Å². The molecule has 1 fully saturated rings. The van der Waals surface area contributed by atoms with E-state index in [1.54, 1.807) is 10.9 Å². The Bertz CT molecular complexity index is 975. The summed E-state index contributed by atoms with van der Waals surface area (Å²) in [5, 5.41) is 4.20. The van der Waals surface area contributed by atoms with E-state index >= 15 is 0 Å². The molecule has 7 nitrogen and oxygen atoms in total. The maximum absolute atomic E-state index is 12.1. The number of pyridine rings is 1. The summed E-state index contributed by atoms with van der Waals surface area (Å²) in [4.78, 5) is 6.62. The Balaban J connectivity index is 1.67. The Morgan fingerprint density at radius 3 is 2.96 bits per heavy atom. The number of imidazole rings is 1. The lowest BCUT2D eigenvalue weighted by Gasteiger charge is -2.34. The number of aromatic nitrogens is 4. The molecule has 0 amide bonds. The molecule has 0 radical (unpaired) electrons. The molecule has 3 aromatic heterocycles. The highest BCUT2D eigenvalue weighted by Gasteiger charge is 2.33. The molecule has 3 aromatic rings. The summed E-state index contributed by atoms with van der Waals surface area (Å²) in [5.74, 6) is 0.329. The van der Waals surface area contributed by atoms with Gasteiger partial charge in [-0.15, -0.1) is 0 Å². The molecule has 0 saturated carbocycles. The minimum atomic E-state index is -3.03. The van der Waals surface area contributed by atoms with Gasteiger partial charge in [0, 0.05) is 38.1 Å². The summed E-state index contributed by atoms with van der Waals surface area (Å²) < 4.78 is 28.0. The van der Waals surface area contributed by atoms with Crippen LogP contribution in [0.1, 0.15) is 17.3 Å². The fourth-order valence-electron chi connectivity index (χ4n) is 3.26. The van der Waals surface area contributed by atoms with E-state index in [1.807, 2.05) is 48.2 Å². The molecule has 1 atom stereocenters. The molecule has 0 unspecified atom stereocenters. The van der Waals surface area contributed by atoms with Crippen molar-refractivity contribution in [2.45, 2.75) is 12.6 Å². The van der Waals surface area contributed by atoms with Crippen LogP contribution in [0.3, 0.4) is 0 Å². The molecule has 24 heavy (non-hydrogen) atoms. The number of hydrogen-bond acceptors (Lipinski definition) is 5. The predicted molar refractivity (Wildman–Crippen MR) is 90.2 cm³/mol. The molecule has 126 valence electrons. The second-order valence-corrected chi connectivity index (χ2v) is 8.46. The van der Waals surface area contributed by atoms with Gasteiger partial charge in [0.15, 0.2) is 9.84 Å². The zero-order valence-electron chi connectivity index (χ0n) is 13.4. The molecule has 0 aromatic carbocycles. The quantitative estimate of drug-likeness (QED) is 0.709. The van der Waals surface area contributed by atoms with E-state index in [4.69, 9.17) is 0 Å². The van der Waals surface area contributed by atoms with Gasteiger partial charge in [-0.05, 0) is 12.1 Å². The van der Waals surface area contributed by atoms with Crippen LogP contribution in [0.25, 0.3) is 5.65 Å². The summed E-state index contributed by atoms with van der Waals surface area (Å²) in [6.07, 6.45) is 7.50. The highest BCUT2D eigenvalue weighted by Crippen LogP contribution is 2.28. The number of nitrogens with zero attached hydrogens (tertiary/aromatic N) is 5. The first-order valence-electron chi connectivity index (χ1n) is 7.86. The zero-order chi connectivity index (χ0) is 16.7. The van der Waals surface area contributed by atoms with Gasteiger partial charge in [-0.25, -0.2) is 13.4 Å². The third-order valence-corrected chi connectivity index (χ3v) is 6.14. The Morgan fingerprint density at radius 1 is 1.29 bits per heavy atom. The molecule has 0 bridgehead atoms. The van der Waals surface area contributed by atoms with Gasteiger partial charge in [0.25, 0.3) is 0 Å². The third kappa shape index (κ3) is 2.83. The van der Waals surface area contributed by atoms with Crippen molar-refractivity contribution in [3.8, 4) is 0 Å². The largest absolute Gasteiger partial charge is 0.303 e. The van der Waals surface area contributed by atoms with Gasteiger partial charge in [0.05, 0.1) is 35.6 Å². The number of fused-ring (bicyclic) bond motifs is 1. The van der Waals surface area contributed by atoms with Gasteiger partial charge in [-0.3, -0.25) is 9.58 Å². The first kappa shape index (κ1) is 15.3. The Labute approximate surface area is 140 Å². The molecule has 1 aliphatic heterocycles. The maximum atomic E-state index is 12.1. The summed E-state index contributed by atoms with van der Waals surface area (Å²) in [6.45, 7) is 1.17. The highest BCUT2D eigenvalue weighted by atomic mass is 32.2. The molecular formula is C16H19N5O2S. The summed E-state index contributed by atoms with van der Waals surface area (Å²) >= 11 is 0. The molecule has 1 aliphatic rings. The van der Waals surface area contributed by atoms with Crippen LogP contribution in [0, 0.1) is 0 Å². The molecule has 0 aliphatic carbocycles. The number of hydrogen-bond donors (Lipinski definition) is 0. The van der Waals surface area contributed by atoms with Crippen molar-refractivity contribution in [1.29, 1.82) is 0 Å². The normalized spacial score (nSPS) is 21.3. The summed E-state index contributed by atoms with van der Waals surface area (Å²) in [6, 6.07) is 5.71. The van der Waals surface area contributed by atoms with E-state index in [1.165, 1.54) is 0 Å². The van der Waals surface area contributed by atoms with E-state index in [0.717, 1.165) is 16.9 Å². The van der Waals surface area contributed by atoms with Crippen molar-refractivity contribution in [3.63, 3.8) is 0 Å². The smallest absolute Gasteiger partial charge is 0.153 e. The highest BCUT2D eigenvalue weighted by molar-refractivity contribution is 7.91. The molecule has 4 heterocycles. The minimum absolute atomic E-state index is 0.134. The minimum Gasteiger partial charge on any atom is -0.303 e. The van der Waals surface area contributed by atoms with E-state index in [9.17, 15) is 8.42 Å². The number of rotatable bonds is 3. The first-order valence-corrected chi connectivity index (χ1v) is 9.68. The van der Waals surface area contributed by atoms with Gasteiger partial charge < -0.3 is 4.40 Å². The van der Waals surface area contributed by atoms with Gasteiger partial charge >= 0.3 is 0 Å². The monoisotopic (exact) mass is 345 g/mol. The van der Waals surface area contributed by atoms with Gasteiger partial charge in [0.2, 0.25) is 0 Å². The summed E-state index contributed by atoms with van der Waals surface area (Å²) in [7, 11) is -1.18. The molecule has 0 N–H and O–H groups in total. The number of aryl methyl sites for hydroxylation is 1. The average molecular weight is 345 g/mol. The van der Waals surface area contributed by atoms with Gasteiger partial charge in [-0.1, -0.05) is 6.07 Å². The first-order chi connectivity index (χ1) is 11.5. The molecule has 4 rings (SSSR count). The van der Waals surface area contributed by atoms with E-state index < -0.39 is 9.84 Å². The van der Waals surface area contributed by atoms with Crippen LogP contribution in [-0.4, -0.2) is 50.5 Å². The van der Waals surface area contributed by atoms with E-state index in [0.29, 0.717) is 13.1 Å². The fraction of sp³-hybridized carbons (Fsp3) is 0.375. The van der Waals surface area contributed by atoms with Crippen LogP contribution in [0.4, 0.5) is 0 Å². The fourth-order valence-corrected chi connectivity index (χ4v) is 4.82. The van der Waals surface area contributed by atoms with Crippen molar-refractivity contribution in [2.24, 2.45) is 7.05 Å². The lowest BCUT2D eigenvalue weighted by Crippen LogP contribution is -2.42. The lowest BCUT2D eigenvalue weighted by molar-refractivity contribution is 0.203. The Hall–Kier alpha value is -2.19. The van der Waals surface area contributed by atoms with Crippen molar-refractivity contribution in [3.05, 3.63) is 54.2 Å². The standard InChI is InChI=1S/C16H19N5O2S/c1-19-10-13(8-18-19)15-12-24(22,23)7-6-20(15)11-14-9-17-16-4-2-3-5-21(14)16/h2-5,8-10,15H,6-7,11-12H2,1H3/t15-/m0/s1. The van der Waals surface area contributed by atoms with Crippen LogP contribution in [-0.2, 0) is 23.4 Å². The average Bonchev–Trinajstić information content (AvgIpc) is 3.16.